The summed E-state index contributed by atoms with van der Waals surface area (Å²) in [5.74, 6) is 0. The van der Waals surface area contributed by atoms with Gasteiger partial charge < -0.3 is 5.32 Å². The van der Waals surface area contributed by atoms with Crippen molar-refractivity contribution in [1.29, 1.82) is 0 Å². The van der Waals surface area contributed by atoms with Crippen molar-refractivity contribution >= 4 is 33.8 Å². The lowest BCUT2D eigenvalue weighted by Gasteiger charge is -2.05. The molecule has 2 aromatic carbocycles. The number of aryl methyl sites for hydroxylation is 3. The molecule has 0 unspecified atom stereocenters. The summed E-state index contributed by atoms with van der Waals surface area (Å²) in [5, 5.41) is 4.97. The highest BCUT2D eigenvalue weighted by Crippen LogP contribution is 2.33. The predicted molar refractivity (Wildman–Crippen MR) is 96.5 cm³/mol. The van der Waals surface area contributed by atoms with Gasteiger partial charge in [0.2, 0.25) is 0 Å². The van der Waals surface area contributed by atoms with E-state index in [-0.39, 0.29) is 0 Å². The normalized spacial score (nSPS) is 10.7. The van der Waals surface area contributed by atoms with Crippen LogP contribution in [0.25, 0.3) is 11.3 Å². The van der Waals surface area contributed by atoms with Crippen LogP contribution >= 0.6 is 22.9 Å². The highest BCUT2D eigenvalue weighted by atomic mass is 35.5. The standard InChI is InChI=1S/C18H17ClN2S/c1-11-4-9-16(12(2)10-11)17-13(3)22-18(21-17)20-15-7-5-14(19)6-8-15/h4-10H,1-3H3,(H,20,21). The van der Waals surface area contributed by atoms with Gasteiger partial charge in [-0.2, -0.15) is 0 Å². The van der Waals surface area contributed by atoms with Crippen LogP contribution in [-0.2, 0) is 0 Å². The van der Waals surface area contributed by atoms with Gasteiger partial charge in [0, 0.05) is 21.2 Å². The molecule has 0 saturated heterocycles. The van der Waals surface area contributed by atoms with Gasteiger partial charge in [0.25, 0.3) is 0 Å². The lowest BCUT2D eigenvalue weighted by atomic mass is 10.0. The van der Waals surface area contributed by atoms with E-state index in [4.69, 9.17) is 16.6 Å². The summed E-state index contributed by atoms with van der Waals surface area (Å²) >= 11 is 7.58. The zero-order chi connectivity index (χ0) is 15.7. The Kier molecular flexibility index (Phi) is 4.19. The van der Waals surface area contributed by atoms with E-state index in [0.717, 1.165) is 21.5 Å². The summed E-state index contributed by atoms with van der Waals surface area (Å²) in [4.78, 5) is 5.97. The minimum Gasteiger partial charge on any atom is -0.332 e. The first kappa shape index (κ1) is 15.1. The van der Waals surface area contributed by atoms with Crippen molar-refractivity contribution in [1.82, 2.24) is 4.98 Å². The summed E-state index contributed by atoms with van der Waals surface area (Å²) in [6.45, 7) is 6.35. The minimum absolute atomic E-state index is 0.733. The van der Waals surface area contributed by atoms with Crippen molar-refractivity contribution in [3.05, 3.63) is 63.5 Å². The Hall–Kier alpha value is -1.84. The van der Waals surface area contributed by atoms with Crippen molar-refractivity contribution in [3.8, 4) is 11.3 Å². The Morgan fingerprint density at radius 1 is 1.00 bits per heavy atom. The first-order valence-corrected chi connectivity index (χ1v) is 8.30. The second-order valence-electron chi connectivity index (χ2n) is 5.37. The monoisotopic (exact) mass is 328 g/mol. The van der Waals surface area contributed by atoms with Crippen LogP contribution in [0.4, 0.5) is 10.8 Å². The van der Waals surface area contributed by atoms with E-state index in [1.807, 2.05) is 24.3 Å². The van der Waals surface area contributed by atoms with Gasteiger partial charge >= 0.3 is 0 Å². The Bertz CT molecular complexity index is 806. The van der Waals surface area contributed by atoms with E-state index in [2.05, 4.69) is 44.3 Å². The zero-order valence-corrected chi connectivity index (χ0v) is 14.3. The molecule has 0 aliphatic rings. The molecule has 22 heavy (non-hydrogen) atoms. The van der Waals surface area contributed by atoms with Gasteiger partial charge in [-0.15, -0.1) is 11.3 Å². The summed E-state index contributed by atoms with van der Waals surface area (Å²) < 4.78 is 0. The number of hydrogen-bond donors (Lipinski definition) is 1. The van der Waals surface area contributed by atoms with Crippen molar-refractivity contribution in [3.63, 3.8) is 0 Å². The third-order valence-electron chi connectivity index (χ3n) is 3.53. The van der Waals surface area contributed by atoms with Crippen molar-refractivity contribution in [2.75, 3.05) is 5.32 Å². The molecule has 112 valence electrons. The molecule has 1 N–H and O–H groups in total. The number of rotatable bonds is 3. The van der Waals surface area contributed by atoms with E-state index in [9.17, 15) is 0 Å². The number of nitrogens with zero attached hydrogens (tertiary/aromatic N) is 1. The molecule has 0 amide bonds. The Balaban J connectivity index is 1.92. The average Bonchev–Trinajstić information content (AvgIpc) is 2.82. The summed E-state index contributed by atoms with van der Waals surface area (Å²) in [6.07, 6.45) is 0. The van der Waals surface area contributed by atoms with Gasteiger partial charge in [0.05, 0.1) is 5.69 Å². The molecule has 0 saturated carbocycles. The maximum atomic E-state index is 5.91. The summed E-state index contributed by atoms with van der Waals surface area (Å²) in [7, 11) is 0. The maximum Gasteiger partial charge on any atom is 0.187 e. The second kappa shape index (κ2) is 6.11. The number of hydrogen-bond acceptors (Lipinski definition) is 3. The van der Waals surface area contributed by atoms with Gasteiger partial charge in [-0.25, -0.2) is 4.98 Å². The van der Waals surface area contributed by atoms with Crippen LogP contribution in [0.5, 0.6) is 0 Å². The molecule has 0 fully saturated rings. The van der Waals surface area contributed by atoms with Gasteiger partial charge in [-0.1, -0.05) is 35.4 Å². The fraction of sp³-hybridized carbons (Fsp3) is 0.167. The van der Waals surface area contributed by atoms with Crippen LogP contribution < -0.4 is 5.32 Å². The van der Waals surface area contributed by atoms with Crippen molar-refractivity contribution < 1.29 is 0 Å². The molecule has 4 heteroatoms. The van der Waals surface area contributed by atoms with Gasteiger partial charge in [0.1, 0.15) is 0 Å². The SMILES string of the molecule is Cc1ccc(-c2nc(Nc3ccc(Cl)cc3)sc2C)c(C)c1. The average molecular weight is 329 g/mol. The molecule has 3 aromatic rings. The fourth-order valence-corrected chi connectivity index (χ4v) is 3.41. The van der Waals surface area contributed by atoms with E-state index >= 15 is 0 Å². The third kappa shape index (κ3) is 3.16. The van der Waals surface area contributed by atoms with E-state index in [1.165, 1.54) is 21.6 Å². The molecule has 1 heterocycles. The quantitative estimate of drug-likeness (QED) is 0.625. The molecule has 1 aromatic heterocycles. The highest BCUT2D eigenvalue weighted by molar-refractivity contribution is 7.16. The van der Waals surface area contributed by atoms with E-state index < -0.39 is 0 Å². The van der Waals surface area contributed by atoms with Crippen molar-refractivity contribution in [2.24, 2.45) is 0 Å². The molecule has 0 spiro atoms. The fourth-order valence-electron chi connectivity index (χ4n) is 2.44. The zero-order valence-electron chi connectivity index (χ0n) is 12.8. The first-order chi connectivity index (χ1) is 10.5. The maximum absolute atomic E-state index is 5.91. The molecule has 2 nitrogen and oxygen atoms in total. The number of anilines is 2. The largest absolute Gasteiger partial charge is 0.332 e. The van der Waals surface area contributed by atoms with Crippen LogP contribution in [0.2, 0.25) is 5.02 Å². The van der Waals surface area contributed by atoms with Crippen LogP contribution in [-0.4, -0.2) is 4.98 Å². The number of aromatic nitrogens is 1. The van der Waals surface area contributed by atoms with Crippen LogP contribution in [0, 0.1) is 20.8 Å². The molecule has 0 aliphatic heterocycles. The predicted octanol–water partition coefficient (Wildman–Crippen LogP) is 6.13. The van der Waals surface area contributed by atoms with Crippen molar-refractivity contribution in [2.45, 2.75) is 20.8 Å². The highest BCUT2D eigenvalue weighted by Gasteiger charge is 2.12. The Morgan fingerprint density at radius 2 is 1.73 bits per heavy atom. The molecule has 0 aliphatic carbocycles. The Morgan fingerprint density at radius 3 is 2.41 bits per heavy atom. The second-order valence-corrected chi connectivity index (χ2v) is 7.01. The number of benzene rings is 2. The van der Waals surface area contributed by atoms with Crippen LogP contribution in [0.3, 0.4) is 0 Å². The summed E-state index contributed by atoms with van der Waals surface area (Å²) in [5.41, 5.74) is 5.77. The van der Waals surface area contributed by atoms with E-state index in [0.29, 0.717) is 0 Å². The lowest BCUT2D eigenvalue weighted by Crippen LogP contribution is -1.90. The molecular weight excluding hydrogens is 312 g/mol. The van der Waals surface area contributed by atoms with Gasteiger partial charge in [-0.05, 0) is 50.6 Å². The number of halogens is 1. The van der Waals surface area contributed by atoms with Crippen LogP contribution in [0.15, 0.2) is 42.5 Å². The summed E-state index contributed by atoms with van der Waals surface area (Å²) in [6, 6.07) is 14.1. The molecular formula is C18H17ClN2S. The Labute approximate surface area is 139 Å². The smallest absolute Gasteiger partial charge is 0.187 e. The number of thiazole rings is 1. The minimum atomic E-state index is 0.733. The van der Waals surface area contributed by atoms with Crippen LogP contribution in [0.1, 0.15) is 16.0 Å². The molecule has 0 radical (unpaired) electrons. The topological polar surface area (TPSA) is 24.9 Å². The molecule has 3 rings (SSSR count). The lowest BCUT2D eigenvalue weighted by molar-refractivity contribution is 1.31. The van der Waals surface area contributed by atoms with E-state index in [1.54, 1.807) is 11.3 Å². The van der Waals surface area contributed by atoms with Gasteiger partial charge in [-0.3, -0.25) is 0 Å². The molecule has 0 bridgehead atoms. The first-order valence-electron chi connectivity index (χ1n) is 7.10. The third-order valence-corrected chi connectivity index (χ3v) is 4.67. The molecule has 0 atom stereocenters. The van der Waals surface area contributed by atoms with Gasteiger partial charge in [0.15, 0.2) is 5.13 Å². The number of nitrogens with one attached hydrogen (secondary N) is 1.